The van der Waals surface area contributed by atoms with Crippen LogP contribution >= 0.6 is 0 Å². The molecule has 0 bridgehead atoms. The Hall–Kier alpha value is -4.03. The van der Waals surface area contributed by atoms with Gasteiger partial charge in [-0.05, 0) is 12.1 Å². The largest absolute Gasteiger partial charge is 0.471 e. The van der Waals surface area contributed by atoms with Crippen molar-refractivity contribution in [3.05, 3.63) is 68.4 Å². The van der Waals surface area contributed by atoms with Crippen molar-refractivity contribution in [2.45, 2.75) is 19.3 Å². The number of pyridine rings is 1. The third-order valence-electron chi connectivity index (χ3n) is 4.06. The van der Waals surface area contributed by atoms with Gasteiger partial charge in [0, 0.05) is 23.9 Å². The van der Waals surface area contributed by atoms with Crippen LogP contribution in [0.2, 0.25) is 0 Å². The normalized spacial score (nSPS) is 11.7. The minimum atomic E-state index is -4.73. The molecule has 0 aliphatic rings. The summed E-state index contributed by atoms with van der Waals surface area (Å²) in [5.74, 6) is -1.70. The van der Waals surface area contributed by atoms with Crippen molar-refractivity contribution in [1.82, 2.24) is 20.3 Å². The van der Waals surface area contributed by atoms with Crippen LogP contribution in [0.25, 0.3) is 11.4 Å². The molecule has 0 atom stereocenters. The molecule has 3 heterocycles. The number of alkyl halides is 3. The van der Waals surface area contributed by atoms with Crippen LogP contribution < -0.4 is 21.5 Å². The lowest BCUT2D eigenvalue weighted by Crippen LogP contribution is -2.37. The maximum absolute atomic E-state index is 12.5. The summed E-state index contributed by atoms with van der Waals surface area (Å²) in [7, 11) is 0. The van der Waals surface area contributed by atoms with Crippen molar-refractivity contribution < 1.29 is 22.2 Å². The van der Waals surface area contributed by atoms with Gasteiger partial charge in [0.25, 0.3) is 10.9 Å². The van der Waals surface area contributed by atoms with Gasteiger partial charge in [-0.15, -0.1) is 0 Å². The predicted molar refractivity (Wildman–Crippen MR) is 95.0 cm³/mol. The first kappa shape index (κ1) is 19.3. The molecular weight excluding hydrogens is 409 g/mol. The second-order valence-corrected chi connectivity index (χ2v) is 6.11. The highest BCUT2D eigenvalue weighted by atomic mass is 19.4. The van der Waals surface area contributed by atoms with Gasteiger partial charge in [-0.3, -0.25) is 14.6 Å². The number of nitrogens with one attached hydrogen (secondary N) is 2. The molecule has 0 saturated carbocycles. The van der Waals surface area contributed by atoms with Gasteiger partial charge in [0.15, 0.2) is 0 Å². The summed E-state index contributed by atoms with van der Waals surface area (Å²) in [4.78, 5) is 30.9. The van der Waals surface area contributed by atoms with E-state index in [0.717, 1.165) is 0 Å². The molecule has 0 unspecified atom stereocenters. The fourth-order valence-electron chi connectivity index (χ4n) is 2.53. The SMILES string of the molecule is O=c1c(NCc2cnoc2)c(NCc2ccc(-c3noc(C(F)(F)F)n3)cn2)c1=O. The van der Waals surface area contributed by atoms with Gasteiger partial charge in [-0.2, -0.15) is 18.2 Å². The van der Waals surface area contributed by atoms with Crippen molar-refractivity contribution in [3.8, 4) is 11.4 Å². The Morgan fingerprint density at radius 2 is 1.73 bits per heavy atom. The average molecular weight is 420 g/mol. The summed E-state index contributed by atoms with van der Waals surface area (Å²) in [6.07, 6.45) is -0.588. The number of aromatic nitrogens is 4. The molecule has 0 aliphatic carbocycles. The molecule has 30 heavy (non-hydrogen) atoms. The van der Waals surface area contributed by atoms with Crippen molar-refractivity contribution in [2.75, 3.05) is 10.6 Å². The molecule has 10 nitrogen and oxygen atoms in total. The van der Waals surface area contributed by atoms with Gasteiger partial charge < -0.3 is 19.7 Å². The van der Waals surface area contributed by atoms with Gasteiger partial charge in [0.05, 0.1) is 18.4 Å². The van der Waals surface area contributed by atoms with Gasteiger partial charge in [-0.1, -0.05) is 10.3 Å². The van der Waals surface area contributed by atoms with Crippen molar-refractivity contribution in [1.29, 1.82) is 0 Å². The Bertz CT molecular complexity index is 1220. The Morgan fingerprint density at radius 1 is 1.00 bits per heavy atom. The van der Waals surface area contributed by atoms with E-state index in [9.17, 15) is 22.8 Å². The van der Waals surface area contributed by atoms with Crippen LogP contribution in [0.15, 0.2) is 49.4 Å². The average Bonchev–Trinajstić information content (AvgIpc) is 3.42. The highest BCUT2D eigenvalue weighted by Gasteiger charge is 2.38. The third kappa shape index (κ3) is 3.76. The van der Waals surface area contributed by atoms with E-state index in [-0.39, 0.29) is 35.9 Å². The molecule has 154 valence electrons. The van der Waals surface area contributed by atoms with E-state index in [1.54, 1.807) is 0 Å². The van der Waals surface area contributed by atoms with Crippen molar-refractivity contribution >= 4 is 11.4 Å². The van der Waals surface area contributed by atoms with Crippen LogP contribution in [0.5, 0.6) is 0 Å². The highest BCUT2D eigenvalue weighted by molar-refractivity contribution is 5.74. The standard InChI is InChI=1S/C17H11F3N6O4/c18-17(19,20)16-25-15(26-30-16)9-1-2-10(21-5-9)6-23-12-11(13(27)14(12)28)22-3-8-4-24-29-7-8/h1-2,4-5,7,22-23H,3,6H2. The van der Waals surface area contributed by atoms with Crippen LogP contribution in [0.4, 0.5) is 24.5 Å². The molecule has 13 heteroatoms. The zero-order valence-corrected chi connectivity index (χ0v) is 14.9. The summed E-state index contributed by atoms with van der Waals surface area (Å²) in [6.45, 7) is 0.355. The lowest BCUT2D eigenvalue weighted by molar-refractivity contribution is -0.159. The molecule has 0 saturated heterocycles. The van der Waals surface area contributed by atoms with E-state index in [1.165, 1.54) is 30.8 Å². The summed E-state index contributed by atoms with van der Waals surface area (Å²) >= 11 is 0. The number of rotatable bonds is 7. The number of anilines is 2. The second-order valence-electron chi connectivity index (χ2n) is 6.11. The van der Waals surface area contributed by atoms with E-state index in [0.29, 0.717) is 11.3 Å². The second kappa shape index (κ2) is 7.42. The minimum Gasteiger partial charge on any atom is -0.376 e. The van der Waals surface area contributed by atoms with E-state index in [2.05, 4.69) is 40.0 Å². The number of nitrogens with zero attached hydrogens (tertiary/aromatic N) is 4. The van der Waals surface area contributed by atoms with E-state index >= 15 is 0 Å². The topological polar surface area (TPSA) is 136 Å². The number of halogens is 3. The molecule has 0 amide bonds. The summed E-state index contributed by atoms with van der Waals surface area (Å²) in [6, 6.07) is 2.98. The van der Waals surface area contributed by atoms with Crippen LogP contribution in [-0.4, -0.2) is 20.3 Å². The van der Waals surface area contributed by atoms with Gasteiger partial charge >= 0.3 is 12.1 Å². The van der Waals surface area contributed by atoms with E-state index < -0.39 is 22.9 Å². The van der Waals surface area contributed by atoms with Gasteiger partial charge in [-0.25, -0.2) is 0 Å². The molecule has 1 aromatic carbocycles. The Kier molecular flexibility index (Phi) is 4.77. The van der Waals surface area contributed by atoms with Gasteiger partial charge in [0.2, 0.25) is 5.82 Å². The Balaban J connectivity index is 1.40. The molecule has 4 aromatic rings. The summed E-state index contributed by atoms with van der Waals surface area (Å²) in [5, 5.41) is 12.5. The molecular formula is C17H11F3N6O4. The van der Waals surface area contributed by atoms with Crippen LogP contribution in [0, 0.1) is 0 Å². The predicted octanol–water partition coefficient (Wildman–Crippen LogP) is 1.96. The van der Waals surface area contributed by atoms with E-state index in [1.807, 2.05) is 0 Å². The monoisotopic (exact) mass is 420 g/mol. The molecule has 0 radical (unpaired) electrons. The van der Waals surface area contributed by atoms with Crippen LogP contribution in [0.1, 0.15) is 17.1 Å². The molecule has 0 aliphatic heterocycles. The molecule has 4 rings (SSSR count). The van der Waals surface area contributed by atoms with E-state index in [4.69, 9.17) is 0 Å². The van der Waals surface area contributed by atoms with Crippen LogP contribution in [0.3, 0.4) is 0 Å². The fraction of sp³-hybridized carbons (Fsp3) is 0.176. The lowest BCUT2D eigenvalue weighted by atomic mass is 10.1. The maximum Gasteiger partial charge on any atom is 0.471 e. The zero-order chi connectivity index (χ0) is 21.3. The van der Waals surface area contributed by atoms with Crippen LogP contribution in [-0.2, 0) is 19.3 Å². The minimum absolute atomic E-state index is 0.104. The first-order chi connectivity index (χ1) is 14.3. The quantitative estimate of drug-likeness (QED) is 0.427. The van der Waals surface area contributed by atoms with Crippen molar-refractivity contribution in [2.24, 2.45) is 0 Å². The zero-order valence-electron chi connectivity index (χ0n) is 14.9. The third-order valence-corrected chi connectivity index (χ3v) is 4.06. The molecule has 0 fully saturated rings. The highest BCUT2D eigenvalue weighted by Crippen LogP contribution is 2.29. The first-order valence-electron chi connectivity index (χ1n) is 8.38. The lowest BCUT2D eigenvalue weighted by Gasteiger charge is -2.14. The van der Waals surface area contributed by atoms with Crippen molar-refractivity contribution in [3.63, 3.8) is 0 Å². The number of hydrogen-bond donors (Lipinski definition) is 2. The molecule has 3 aromatic heterocycles. The van der Waals surface area contributed by atoms with Gasteiger partial charge in [0.1, 0.15) is 17.6 Å². The maximum atomic E-state index is 12.5. The summed E-state index contributed by atoms with van der Waals surface area (Å²) in [5.41, 5.74) is 0.348. The Labute approximate surface area is 164 Å². The summed E-state index contributed by atoms with van der Waals surface area (Å²) < 4.78 is 46.5. The Morgan fingerprint density at radius 3 is 2.30 bits per heavy atom. The molecule has 2 N–H and O–H groups in total. The fourth-order valence-corrected chi connectivity index (χ4v) is 2.53. The molecule has 0 spiro atoms. The number of hydrogen-bond acceptors (Lipinski definition) is 10. The first-order valence-corrected chi connectivity index (χ1v) is 8.38. The smallest absolute Gasteiger partial charge is 0.376 e.